The molecular formula is C34H34ClF3N2O2Si. The molecule has 0 radical (unpaired) electrons. The quantitative estimate of drug-likeness (QED) is 0.179. The molecule has 0 amide bonds. The molecule has 0 aliphatic rings. The number of fused-ring (bicyclic) bond motifs is 1. The van der Waals surface area contributed by atoms with Gasteiger partial charge in [0.05, 0.1) is 21.6 Å². The van der Waals surface area contributed by atoms with Crippen molar-refractivity contribution in [3.05, 3.63) is 119 Å². The summed E-state index contributed by atoms with van der Waals surface area (Å²) in [6, 6.07) is 30.8. The van der Waals surface area contributed by atoms with Crippen molar-refractivity contribution in [1.29, 1.82) is 0 Å². The molecular weight excluding hydrogens is 589 g/mol. The monoisotopic (exact) mass is 622 g/mol. The summed E-state index contributed by atoms with van der Waals surface area (Å²) in [5.41, 5.74) is 1.24. The van der Waals surface area contributed by atoms with E-state index in [1.807, 2.05) is 36.4 Å². The first-order valence-corrected chi connectivity index (χ1v) is 16.4. The number of rotatable bonds is 8. The van der Waals surface area contributed by atoms with Gasteiger partial charge in [-0.2, -0.15) is 13.2 Å². The van der Waals surface area contributed by atoms with E-state index in [1.54, 1.807) is 4.57 Å². The molecule has 4 aromatic carbocycles. The Hall–Kier alpha value is -3.43. The summed E-state index contributed by atoms with van der Waals surface area (Å²) in [6.45, 7) is 8.77. The molecule has 1 heterocycles. The lowest BCUT2D eigenvalue weighted by Crippen LogP contribution is -2.66. The zero-order chi connectivity index (χ0) is 31.0. The second kappa shape index (κ2) is 11.9. The van der Waals surface area contributed by atoms with Crippen LogP contribution in [0, 0.1) is 0 Å². The van der Waals surface area contributed by atoms with Crippen LogP contribution in [0.5, 0.6) is 0 Å². The summed E-state index contributed by atoms with van der Waals surface area (Å²) in [6.07, 6.45) is -4.96. The number of hydrogen-bond donors (Lipinski definition) is 1. The number of imidazole rings is 1. The SMILES string of the molecule is CC(O)c1nc2cc(C(F)(F)F)c(Cl)cc2n1-c1ccc(CCO[Si](c2ccccc2)(c2ccccc2)C(C)(C)C)cc1. The van der Waals surface area contributed by atoms with Crippen molar-refractivity contribution < 1.29 is 22.7 Å². The first-order valence-electron chi connectivity index (χ1n) is 14.1. The Morgan fingerprint density at radius 2 is 1.44 bits per heavy atom. The van der Waals surface area contributed by atoms with Gasteiger partial charge in [-0.1, -0.05) is 105 Å². The normalized spacial score (nSPS) is 13.4. The molecule has 43 heavy (non-hydrogen) atoms. The Balaban J connectivity index is 1.45. The molecule has 0 aliphatic carbocycles. The van der Waals surface area contributed by atoms with Crippen molar-refractivity contribution >= 4 is 41.3 Å². The van der Waals surface area contributed by atoms with Gasteiger partial charge in [0.2, 0.25) is 0 Å². The lowest BCUT2D eigenvalue weighted by atomic mass is 10.1. The van der Waals surface area contributed by atoms with E-state index in [-0.39, 0.29) is 16.4 Å². The predicted octanol–water partition coefficient (Wildman–Crippen LogP) is 7.87. The Labute approximate surface area is 255 Å². The summed E-state index contributed by atoms with van der Waals surface area (Å²) in [7, 11) is -2.66. The number of nitrogens with zero attached hydrogens (tertiary/aromatic N) is 2. The third-order valence-corrected chi connectivity index (χ3v) is 13.1. The molecule has 0 saturated carbocycles. The summed E-state index contributed by atoms with van der Waals surface area (Å²) < 4.78 is 49.1. The number of alkyl halides is 3. The minimum atomic E-state index is -4.61. The minimum Gasteiger partial charge on any atom is -0.407 e. The third kappa shape index (κ3) is 6.02. The van der Waals surface area contributed by atoms with Crippen LogP contribution >= 0.6 is 11.6 Å². The maximum absolute atomic E-state index is 13.5. The van der Waals surface area contributed by atoms with Crippen LogP contribution in [0.1, 0.15) is 50.8 Å². The van der Waals surface area contributed by atoms with Gasteiger partial charge in [-0.05, 0) is 58.6 Å². The molecule has 0 spiro atoms. The van der Waals surface area contributed by atoms with E-state index in [1.165, 1.54) is 23.4 Å². The Kier molecular flexibility index (Phi) is 8.60. The highest BCUT2D eigenvalue weighted by Crippen LogP contribution is 2.39. The number of aliphatic hydroxyl groups is 1. The lowest BCUT2D eigenvalue weighted by molar-refractivity contribution is -0.137. The smallest absolute Gasteiger partial charge is 0.407 e. The zero-order valence-electron chi connectivity index (χ0n) is 24.5. The number of aliphatic hydroxyl groups excluding tert-OH is 1. The highest BCUT2D eigenvalue weighted by molar-refractivity contribution is 6.99. The average Bonchev–Trinajstić information content (AvgIpc) is 3.34. The van der Waals surface area contributed by atoms with Gasteiger partial charge in [-0.25, -0.2) is 4.98 Å². The van der Waals surface area contributed by atoms with E-state index in [0.29, 0.717) is 24.2 Å². The van der Waals surface area contributed by atoms with Gasteiger partial charge in [0.25, 0.3) is 8.32 Å². The van der Waals surface area contributed by atoms with Gasteiger partial charge >= 0.3 is 6.18 Å². The summed E-state index contributed by atoms with van der Waals surface area (Å²) >= 11 is 6.04. The van der Waals surface area contributed by atoms with Crippen LogP contribution < -0.4 is 10.4 Å². The largest absolute Gasteiger partial charge is 0.417 e. The lowest BCUT2D eigenvalue weighted by Gasteiger charge is -2.43. The topological polar surface area (TPSA) is 47.3 Å². The van der Waals surface area contributed by atoms with Crippen LogP contribution in [-0.4, -0.2) is 29.6 Å². The molecule has 0 fully saturated rings. The fourth-order valence-electron chi connectivity index (χ4n) is 5.78. The number of benzene rings is 4. The van der Waals surface area contributed by atoms with Crippen LogP contribution in [-0.2, 0) is 17.0 Å². The molecule has 4 nitrogen and oxygen atoms in total. The average molecular weight is 623 g/mol. The minimum absolute atomic E-state index is 0.107. The van der Waals surface area contributed by atoms with E-state index in [9.17, 15) is 18.3 Å². The van der Waals surface area contributed by atoms with Crippen molar-refractivity contribution in [1.82, 2.24) is 9.55 Å². The molecule has 0 saturated heterocycles. The van der Waals surface area contributed by atoms with Crippen molar-refractivity contribution in [3.8, 4) is 5.69 Å². The van der Waals surface area contributed by atoms with E-state index in [2.05, 4.69) is 74.3 Å². The Morgan fingerprint density at radius 1 is 0.884 bits per heavy atom. The molecule has 0 aliphatic heterocycles. The molecule has 0 bridgehead atoms. The maximum Gasteiger partial charge on any atom is 0.417 e. The van der Waals surface area contributed by atoms with Gasteiger partial charge in [-0.3, -0.25) is 4.57 Å². The molecule has 224 valence electrons. The van der Waals surface area contributed by atoms with E-state index in [4.69, 9.17) is 16.0 Å². The highest BCUT2D eigenvalue weighted by Gasteiger charge is 2.50. The first-order chi connectivity index (χ1) is 20.3. The van der Waals surface area contributed by atoms with Gasteiger partial charge < -0.3 is 9.53 Å². The van der Waals surface area contributed by atoms with Crippen LogP contribution in [0.15, 0.2) is 97.1 Å². The van der Waals surface area contributed by atoms with E-state index >= 15 is 0 Å². The van der Waals surface area contributed by atoms with E-state index < -0.39 is 31.2 Å². The summed E-state index contributed by atoms with van der Waals surface area (Å²) in [5, 5.41) is 12.3. The first kappa shape index (κ1) is 31.0. The second-order valence-electron chi connectivity index (χ2n) is 11.7. The second-order valence-corrected chi connectivity index (χ2v) is 16.4. The third-order valence-electron chi connectivity index (χ3n) is 7.77. The summed E-state index contributed by atoms with van der Waals surface area (Å²) in [5.74, 6) is 0.230. The van der Waals surface area contributed by atoms with Crippen LogP contribution in [0.3, 0.4) is 0 Å². The molecule has 5 rings (SSSR count). The van der Waals surface area contributed by atoms with Gasteiger partial charge in [0, 0.05) is 12.3 Å². The van der Waals surface area contributed by atoms with Gasteiger partial charge in [-0.15, -0.1) is 0 Å². The van der Waals surface area contributed by atoms with Gasteiger partial charge in [0.15, 0.2) is 0 Å². The van der Waals surface area contributed by atoms with Gasteiger partial charge in [0.1, 0.15) is 11.9 Å². The molecule has 1 unspecified atom stereocenters. The fraction of sp³-hybridized carbons (Fsp3) is 0.265. The Morgan fingerprint density at radius 3 is 1.93 bits per heavy atom. The number of hydrogen-bond acceptors (Lipinski definition) is 3. The standard InChI is InChI=1S/C34H34ClF3N2O2Si/c1-23(41)32-39-30-21-28(34(36,37)38)29(35)22-31(30)40(32)25-17-15-24(16-18-25)19-20-42-43(33(2,3)4,26-11-7-5-8-12-26)27-13-9-6-10-14-27/h5-18,21-23,41H,19-20H2,1-4H3. The number of halogens is 4. The van der Waals surface area contributed by atoms with Crippen molar-refractivity contribution in [2.24, 2.45) is 0 Å². The maximum atomic E-state index is 13.5. The molecule has 1 aromatic heterocycles. The van der Waals surface area contributed by atoms with Crippen LogP contribution in [0.25, 0.3) is 16.7 Å². The highest BCUT2D eigenvalue weighted by atomic mass is 35.5. The fourth-order valence-corrected chi connectivity index (χ4v) is 10.6. The van der Waals surface area contributed by atoms with E-state index in [0.717, 1.165) is 11.6 Å². The number of aromatic nitrogens is 2. The van der Waals surface area contributed by atoms with Crippen molar-refractivity contribution in [2.75, 3.05) is 6.61 Å². The molecule has 1 atom stereocenters. The Bertz CT molecular complexity index is 1660. The molecule has 5 aromatic rings. The zero-order valence-corrected chi connectivity index (χ0v) is 26.2. The van der Waals surface area contributed by atoms with Crippen LogP contribution in [0.4, 0.5) is 13.2 Å². The van der Waals surface area contributed by atoms with Crippen molar-refractivity contribution in [3.63, 3.8) is 0 Å². The summed E-state index contributed by atoms with van der Waals surface area (Å²) in [4.78, 5) is 4.32. The van der Waals surface area contributed by atoms with Crippen LogP contribution in [0.2, 0.25) is 10.1 Å². The predicted molar refractivity (Wildman–Crippen MR) is 169 cm³/mol. The molecule has 9 heteroatoms. The molecule has 1 N–H and O–H groups in total. The van der Waals surface area contributed by atoms with Crippen molar-refractivity contribution in [2.45, 2.75) is 51.4 Å².